The predicted octanol–water partition coefficient (Wildman–Crippen LogP) is 5.07. The first-order valence-electron chi connectivity index (χ1n) is 10.6. The monoisotopic (exact) mass is 414 g/mol. The van der Waals surface area contributed by atoms with Crippen LogP contribution in [-0.4, -0.2) is 29.9 Å². The molecule has 0 amide bonds. The van der Waals surface area contributed by atoms with E-state index in [1.54, 1.807) is 0 Å². The summed E-state index contributed by atoms with van der Waals surface area (Å²) in [5, 5.41) is 9.86. The van der Waals surface area contributed by atoms with E-state index in [1.807, 2.05) is 19.1 Å². The first-order chi connectivity index (χ1) is 14.2. The number of benzene rings is 2. The van der Waals surface area contributed by atoms with Crippen molar-refractivity contribution in [2.75, 3.05) is 6.61 Å². The second-order valence-corrected chi connectivity index (χ2v) is 8.75. The Morgan fingerprint density at radius 3 is 2.53 bits per heavy atom. The molecule has 0 aromatic heterocycles. The fraction of sp³-hybridized carbons (Fsp3) is 0.480. The number of hydrogen-bond donors (Lipinski definition) is 1. The van der Waals surface area contributed by atoms with Crippen molar-refractivity contribution in [2.45, 2.75) is 65.1 Å². The number of ether oxygens (including phenoxy) is 2. The average molecular weight is 415 g/mol. The van der Waals surface area contributed by atoms with Crippen molar-refractivity contribution in [3.05, 3.63) is 64.5 Å². The van der Waals surface area contributed by atoms with Gasteiger partial charge in [0, 0.05) is 17.9 Å². The first-order valence-corrected chi connectivity index (χ1v) is 10.6. The van der Waals surface area contributed by atoms with Gasteiger partial charge in [-0.05, 0) is 49.4 Å². The molecule has 0 radical (unpaired) electrons. The normalized spacial score (nSPS) is 20.2. The van der Waals surface area contributed by atoms with Gasteiger partial charge in [-0.3, -0.25) is 4.79 Å². The zero-order valence-corrected chi connectivity index (χ0v) is 18.2. The first kappa shape index (κ1) is 22.3. The predicted molar refractivity (Wildman–Crippen MR) is 114 cm³/mol. The van der Waals surface area contributed by atoms with Crippen LogP contribution in [0.3, 0.4) is 0 Å². The molecule has 2 aromatic carbocycles. The Balaban J connectivity index is 1.93. The lowest BCUT2D eigenvalue weighted by Gasteiger charge is -2.28. The topological polar surface area (TPSA) is 55.8 Å². The van der Waals surface area contributed by atoms with Gasteiger partial charge in [-0.2, -0.15) is 0 Å². The molecule has 0 bridgehead atoms. The van der Waals surface area contributed by atoms with Gasteiger partial charge in [0.05, 0.1) is 12.5 Å². The number of carbonyl (C=O) groups is 1. The summed E-state index contributed by atoms with van der Waals surface area (Å²) in [6.45, 7) is 8.59. The molecule has 1 N–H and O–H groups in total. The molecule has 2 aromatic rings. The fourth-order valence-electron chi connectivity index (χ4n) is 4.19. The number of aliphatic hydroxyl groups excluding tert-OH is 1. The second-order valence-electron chi connectivity index (χ2n) is 8.75. The maximum atomic E-state index is 13.5. The van der Waals surface area contributed by atoms with Crippen LogP contribution in [-0.2, 0) is 9.53 Å². The third-order valence-electron chi connectivity index (χ3n) is 5.45. The van der Waals surface area contributed by atoms with Crippen LogP contribution in [0.2, 0.25) is 0 Å². The number of esters is 1. The number of carbonyl (C=O) groups excluding carboxylic acids is 1. The maximum Gasteiger partial charge on any atom is 0.308 e. The van der Waals surface area contributed by atoms with E-state index >= 15 is 0 Å². The molecule has 1 heterocycles. The summed E-state index contributed by atoms with van der Waals surface area (Å²) in [5.41, 5.74) is 4.23. The van der Waals surface area contributed by atoms with Crippen molar-refractivity contribution in [1.82, 2.24) is 0 Å². The Hall–Kier alpha value is -2.40. The minimum absolute atomic E-state index is 0.0341. The SMILES string of the molecule is Cc1cc(C)c(OC[C@@H]2C[C@@H](O)CC(=O)O2)c(C(CC(C)C)c2ccc(F)cc2)c1. The Morgan fingerprint density at radius 2 is 1.90 bits per heavy atom. The van der Waals surface area contributed by atoms with Gasteiger partial charge in [-0.25, -0.2) is 4.39 Å². The molecule has 5 heteroatoms. The summed E-state index contributed by atoms with van der Waals surface area (Å²) in [7, 11) is 0. The van der Waals surface area contributed by atoms with Gasteiger partial charge in [-0.15, -0.1) is 0 Å². The van der Waals surface area contributed by atoms with Crippen LogP contribution in [0.4, 0.5) is 4.39 Å². The molecule has 4 nitrogen and oxygen atoms in total. The van der Waals surface area contributed by atoms with E-state index in [0.29, 0.717) is 12.3 Å². The number of halogens is 1. The molecule has 3 atom stereocenters. The molecule has 1 fully saturated rings. The number of rotatable bonds is 7. The zero-order chi connectivity index (χ0) is 21.8. The molecule has 3 rings (SSSR count). The van der Waals surface area contributed by atoms with E-state index in [9.17, 15) is 14.3 Å². The lowest BCUT2D eigenvalue weighted by molar-refractivity contribution is -0.162. The number of hydrogen-bond acceptors (Lipinski definition) is 4. The number of aryl methyl sites for hydroxylation is 2. The van der Waals surface area contributed by atoms with E-state index in [0.717, 1.165) is 34.4 Å². The van der Waals surface area contributed by atoms with Gasteiger partial charge >= 0.3 is 5.97 Å². The van der Waals surface area contributed by atoms with Crippen LogP contribution in [0.1, 0.15) is 61.3 Å². The van der Waals surface area contributed by atoms with Gasteiger partial charge < -0.3 is 14.6 Å². The Bertz CT molecular complexity index is 875. The molecule has 1 unspecified atom stereocenters. The smallest absolute Gasteiger partial charge is 0.308 e. The van der Waals surface area contributed by atoms with Gasteiger partial charge in [0.15, 0.2) is 0 Å². The summed E-state index contributed by atoms with van der Waals surface area (Å²) in [5.74, 6) is 0.609. The van der Waals surface area contributed by atoms with Crippen LogP contribution in [0.15, 0.2) is 36.4 Å². The highest BCUT2D eigenvalue weighted by molar-refractivity contribution is 5.71. The van der Waals surface area contributed by atoms with Gasteiger partial charge in [0.25, 0.3) is 0 Å². The third-order valence-corrected chi connectivity index (χ3v) is 5.45. The van der Waals surface area contributed by atoms with E-state index in [2.05, 4.69) is 32.9 Å². The minimum Gasteiger partial charge on any atom is -0.489 e. The minimum atomic E-state index is -0.689. The third kappa shape index (κ3) is 5.60. The van der Waals surface area contributed by atoms with E-state index in [1.165, 1.54) is 12.1 Å². The second kappa shape index (κ2) is 9.61. The van der Waals surface area contributed by atoms with Crippen molar-refractivity contribution < 1.29 is 23.8 Å². The largest absolute Gasteiger partial charge is 0.489 e. The summed E-state index contributed by atoms with van der Waals surface area (Å²) in [6, 6.07) is 10.9. The summed E-state index contributed by atoms with van der Waals surface area (Å²) in [6.07, 6.45) is 0.142. The lowest BCUT2D eigenvalue weighted by Crippen LogP contribution is -2.36. The highest BCUT2D eigenvalue weighted by atomic mass is 19.1. The molecule has 162 valence electrons. The summed E-state index contributed by atoms with van der Waals surface area (Å²) in [4.78, 5) is 11.6. The maximum absolute atomic E-state index is 13.5. The number of aliphatic hydroxyl groups is 1. The fourth-order valence-corrected chi connectivity index (χ4v) is 4.19. The lowest BCUT2D eigenvalue weighted by atomic mass is 9.83. The van der Waals surface area contributed by atoms with Crippen LogP contribution in [0, 0.1) is 25.6 Å². The van der Waals surface area contributed by atoms with Crippen LogP contribution >= 0.6 is 0 Å². The highest BCUT2D eigenvalue weighted by Crippen LogP contribution is 2.39. The van der Waals surface area contributed by atoms with Gasteiger partial charge in [0.1, 0.15) is 24.3 Å². The molecule has 0 spiro atoms. The van der Waals surface area contributed by atoms with Gasteiger partial charge in [0.2, 0.25) is 0 Å². The highest BCUT2D eigenvalue weighted by Gasteiger charge is 2.29. The van der Waals surface area contributed by atoms with Gasteiger partial charge in [-0.1, -0.05) is 43.7 Å². The number of cyclic esters (lactones) is 1. The van der Waals surface area contributed by atoms with Crippen molar-refractivity contribution in [3.63, 3.8) is 0 Å². The average Bonchev–Trinajstić information content (AvgIpc) is 2.65. The standard InChI is InChI=1S/C25H31FO4/c1-15(2)9-22(18-5-7-19(26)8-6-18)23-11-16(3)10-17(4)25(23)29-14-21-12-20(27)13-24(28)30-21/h5-8,10-11,15,20-22,27H,9,12-14H2,1-4H3/t20-,21+,22?/m1/s1. The summed E-state index contributed by atoms with van der Waals surface area (Å²) >= 11 is 0. The summed E-state index contributed by atoms with van der Waals surface area (Å²) < 4.78 is 25.1. The molecule has 0 aliphatic carbocycles. The van der Waals surface area contributed by atoms with E-state index in [-0.39, 0.29) is 24.8 Å². The van der Waals surface area contributed by atoms with Crippen LogP contribution < -0.4 is 4.74 Å². The Labute approximate surface area is 178 Å². The van der Waals surface area contributed by atoms with Crippen molar-refractivity contribution in [1.29, 1.82) is 0 Å². The molecule has 1 aliphatic rings. The van der Waals surface area contributed by atoms with E-state index < -0.39 is 18.2 Å². The van der Waals surface area contributed by atoms with Crippen LogP contribution in [0.25, 0.3) is 0 Å². The molecular formula is C25H31FO4. The zero-order valence-electron chi connectivity index (χ0n) is 18.2. The Kier molecular flexibility index (Phi) is 7.14. The quantitative estimate of drug-likeness (QED) is 0.643. The van der Waals surface area contributed by atoms with Crippen molar-refractivity contribution in [2.24, 2.45) is 5.92 Å². The van der Waals surface area contributed by atoms with Crippen molar-refractivity contribution in [3.8, 4) is 5.75 Å². The molecule has 0 saturated carbocycles. The van der Waals surface area contributed by atoms with E-state index in [4.69, 9.17) is 9.47 Å². The molecule has 1 aliphatic heterocycles. The van der Waals surface area contributed by atoms with Crippen LogP contribution in [0.5, 0.6) is 5.75 Å². The molecule has 1 saturated heterocycles. The van der Waals surface area contributed by atoms with Crippen molar-refractivity contribution >= 4 is 5.97 Å². The molecular weight excluding hydrogens is 383 g/mol. The Morgan fingerprint density at radius 1 is 1.20 bits per heavy atom. The molecule has 30 heavy (non-hydrogen) atoms.